The summed E-state index contributed by atoms with van der Waals surface area (Å²) in [5.41, 5.74) is 0.958. The molecule has 0 bridgehead atoms. The number of thioether (sulfide) groups is 1. The van der Waals surface area contributed by atoms with E-state index in [9.17, 15) is 4.79 Å². The molecule has 0 spiro atoms. The standard InChI is InChI=1S/C18H13Cl3N2O2S/c19-13-3-1-12(2-4-13)17(10-23-8-7-22-11-23)26-18(24)25-14-5-6-15(20)16(21)9-14/h1-9,11,17H,10H2. The van der Waals surface area contributed by atoms with Crippen molar-refractivity contribution in [1.29, 1.82) is 0 Å². The van der Waals surface area contributed by atoms with Crippen molar-refractivity contribution >= 4 is 51.9 Å². The van der Waals surface area contributed by atoms with Gasteiger partial charge in [0.05, 0.1) is 21.6 Å². The number of benzene rings is 2. The minimum absolute atomic E-state index is 0.170. The molecule has 26 heavy (non-hydrogen) atoms. The molecule has 8 heteroatoms. The Bertz CT molecular complexity index is 886. The normalized spacial score (nSPS) is 12.0. The molecule has 0 aliphatic heterocycles. The lowest BCUT2D eigenvalue weighted by Gasteiger charge is -2.17. The zero-order chi connectivity index (χ0) is 18.5. The molecule has 1 unspecified atom stereocenters. The van der Waals surface area contributed by atoms with Gasteiger partial charge in [-0.3, -0.25) is 0 Å². The second kappa shape index (κ2) is 8.82. The summed E-state index contributed by atoms with van der Waals surface area (Å²) in [6.45, 7) is 0.558. The molecule has 3 aromatic rings. The molecular formula is C18H13Cl3N2O2S. The van der Waals surface area contributed by atoms with Crippen LogP contribution in [0.2, 0.25) is 15.1 Å². The molecule has 3 rings (SSSR count). The molecule has 0 radical (unpaired) electrons. The second-order valence-electron chi connectivity index (χ2n) is 5.35. The average Bonchev–Trinajstić information content (AvgIpc) is 3.11. The first-order chi connectivity index (χ1) is 12.5. The van der Waals surface area contributed by atoms with Crippen LogP contribution >= 0.6 is 46.6 Å². The largest absolute Gasteiger partial charge is 0.418 e. The molecule has 0 aliphatic rings. The second-order valence-corrected chi connectivity index (χ2v) is 7.73. The van der Waals surface area contributed by atoms with Crippen molar-refractivity contribution in [3.8, 4) is 5.75 Å². The molecular weight excluding hydrogens is 415 g/mol. The van der Waals surface area contributed by atoms with Gasteiger partial charge in [0.25, 0.3) is 0 Å². The zero-order valence-corrected chi connectivity index (χ0v) is 16.4. The van der Waals surface area contributed by atoms with Crippen molar-refractivity contribution in [1.82, 2.24) is 9.55 Å². The van der Waals surface area contributed by atoms with Crippen molar-refractivity contribution in [3.05, 3.63) is 81.8 Å². The Kier molecular flexibility index (Phi) is 6.48. The highest BCUT2D eigenvalue weighted by Gasteiger charge is 2.19. The number of ether oxygens (including phenoxy) is 1. The van der Waals surface area contributed by atoms with Gasteiger partial charge in [-0.2, -0.15) is 0 Å². The van der Waals surface area contributed by atoms with Crippen molar-refractivity contribution in [2.24, 2.45) is 0 Å². The van der Waals surface area contributed by atoms with Crippen LogP contribution in [0.4, 0.5) is 4.79 Å². The quantitative estimate of drug-likeness (QED) is 0.435. The number of carbonyl (C=O) groups excluding carboxylic acids is 1. The Morgan fingerprint density at radius 3 is 2.54 bits per heavy atom. The van der Waals surface area contributed by atoms with Crippen LogP contribution in [0.5, 0.6) is 5.75 Å². The van der Waals surface area contributed by atoms with Gasteiger partial charge in [-0.15, -0.1) is 0 Å². The van der Waals surface area contributed by atoms with E-state index < -0.39 is 5.30 Å². The van der Waals surface area contributed by atoms with Gasteiger partial charge < -0.3 is 9.30 Å². The van der Waals surface area contributed by atoms with Crippen molar-refractivity contribution in [2.75, 3.05) is 0 Å². The Morgan fingerprint density at radius 2 is 1.88 bits per heavy atom. The number of hydrogen-bond acceptors (Lipinski definition) is 4. The van der Waals surface area contributed by atoms with Crippen LogP contribution in [-0.4, -0.2) is 14.9 Å². The monoisotopic (exact) mass is 426 g/mol. The van der Waals surface area contributed by atoms with Gasteiger partial charge >= 0.3 is 5.30 Å². The van der Waals surface area contributed by atoms with Crippen LogP contribution in [-0.2, 0) is 6.54 Å². The molecule has 1 heterocycles. The number of rotatable bonds is 5. The molecule has 0 aliphatic carbocycles. The fourth-order valence-corrected chi connectivity index (χ4v) is 3.58. The molecule has 0 fully saturated rings. The van der Waals surface area contributed by atoms with Gasteiger partial charge in [-0.25, -0.2) is 9.78 Å². The fraction of sp³-hybridized carbons (Fsp3) is 0.111. The summed E-state index contributed by atoms with van der Waals surface area (Å²) in [5, 5.41) is 0.756. The lowest BCUT2D eigenvalue weighted by molar-refractivity contribution is 0.227. The van der Waals surface area contributed by atoms with E-state index in [1.807, 2.05) is 22.9 Å². The first kappa shape index (κ1) is 19.1. The van der Waals surface area contributed by atoms with Crippen LogP contribution in [0.25, 0.3) is 0 Å². The smallest absolute Gasteiger partial charge is 0.373 e. The summed E-state index contributed by atoms with van der Waals surface area (Å²) < 4.78 is 7.28. The van der Waals surface area contributed by atoms with Gasteiger partial charge in [0, 0.05) is 30.0 Å². The summed E-state index contributed by atoms with van der Waals surface area (Å²) in [4.78, 5) is 16.4. The van der Waals surface area contributed by atoms with Crippen LogP contribution in [0.1, 0.15) is 10.8 Å². The summed E-state index contributed by atoms with van der Waals surface area (Å²) in [6.07, 6.45) is 5.24. The predicted molar refractivity (Wildman–Crippen MR) is 106 cm³/mol. The summed E-state index contributed by atoms with van der Waals surface area (Å²) in [7, 11) is 0. The lowest BCUT2D eigenvalue weighted by Crippen LogP contribution is -2.10. The van der Waals surface area contributed by atoms with Crippen LogP contribution in [0.15, 0.2) is 61.2 Å². The third kappa shape index (κ3) is 5.17. The SMILES string of the molecule is O=C(Oc1ccc(Cl)c(Cl)c1)SC(Cn1ccnc1)c1ccc(Cl)cc1. The number of carbonyl (C=O) groups is 1. The molecule has 1 aromatic heterocycles. The minimum atomic E-state index is -0.441. The Morgan fingerprint density at radius 1 is 1.12 bits per heavy atom. The molecule has 0 saturated carbocycles. The predicted octanol–water partition coefficient (Wildman–Crippen LogP) is 6.52. The average molecular weight is 428 g/mol. The highest BCUT2D eigenvalue weighted by atomic mass is 35.5. The number of aromatic nitrogens is 2. The van der Waals surface area contributed by atoms with Gasteiger partial charge in [0.15, 0.2) is 0 Å². The van der Waals surface area contributed by atoms with Crippen LogP contribution < -0.4 is 4.74 Å². The Balaban J connectivity index is 1.74. The topological polar surface area (TPSA) is 44.1 Å². The maximum absolute atomic E-state index is 12.4. The van der Waals surface area contributed by atoms with Crippen LogP contribution in [0, 0.1) is 0 Å². The Labute approximate surface area is 170 Å². The van der Waals surface area contributed by atoms with E-state index in [0.717, 1.165) is 17.3 Å². The van der Waals surface area contributed by atoms with E-state index in [0.29, 0.717) is 27.4 Å². The van der Waals surface area contributed by atoms with Gasteiger partial charge in [-0.05, 0) is 41.6 Å². The molecule has 0 amide bonds. The highest BCUT2D eigenvalue weighted by Crippen LogP contribution is 2.34. The third-order valence-electron chi connectivity index (χ3n) is 3.51. The van der Waals surface area contributed by atoms with E-state index in [1.165, 1.54) is 6.07 Å². The van der Waals surface area contributed by atoms with E-state index in [2.05, 4.69) is 4.98 Å². The van der Waals surface area contributed by atoms with Gasteiger partial charge in [-0.1, -0.05) is 46.9 Å². The minimum Gasteiger partial charge on any atom is -0.418 e. The summed E-state index contributed by atoms with van der Waals surface area (Å²) in [6, 6.07) is 12.1. The molecule has 134 valence electrons. The number of nitrogens with zero attached hydrogens (tertiary/aromatic N) is 2. The van der Waals surface area contributed by atoms with Crippen molar-refractivity contribution < 1.29 is 9.53 Å². The summed E-state index contributed by atoms with van der Waals surface area (Å²) in [5.74, 6) is 0.342. The molecule has 2 aromatic carbocycles. The third-order valence-corrected chi connectivity index (χ3v) is 5.48. The number of halogens is 3. The van der Waals surface area contributed by atoms with E-state index in [4.69, 9.17) is 39.5 Å². The first-order valence-corrected chi connectivity index (χ1v) is 9.57. The van der Waals surface area contributed by atoms with E-state index in [1.54, 1.807) is 36.8 Å². The van der Waals surface area contributed by atoms with Crippen molar-refractivity contribution in [3.63, 3.8) is 0 Å². The number of imidazole rings is 1. The fourth-order valence-electron chi connectivity index (χ4n) is 2.25. The lowest BCUT2D eigenvalue weighted by atomic mass is 10.1. The first-order valence-electron chi connectivity index (χ1n) is 7.56. The molecule has 1 atom stereocenters. The maximum atomic E-state index is 12.4. The Hall–Kier alpha value is -1.66. The summed E-state index contributed by atoms with van der Waals surface area (Å²) >= 11 is 18.9. The van der Waals surface area contributed by atoms with Gasteiger partial charge in [0.2, 0.25) is 0 Å². The van der Waals surface area contributed by atoms with E-state index in [-0.39, 0.29) is 5.25 Å². The molecule has 4 nitrogen and oxygen atoms in total. The van der Waals surface area contributed by atoms with Gasteiger partial charge in [0.1, 0.15) is 5.75 Å². The zero-order valence-electron chi connectivity index (χ0n) is 13.3. The highest BCUT2D eigenvalue weighted by molar-refractivity contribution is 8.13. The number of hydrogen-bond donors (Lipinski definition) is 0. The molecule has 0 saturated heterocycles. The van der Waals surface area contributed by atoms with Crippen molar-refractivity contribution in [2.45, 2.75) is 11.8 Å². The molecule has 0 N–H and O–H groups in total. The maximum Gasteiger partial charge on any atom is 0.373 e. The van der Waals surface area contributed by atoms with Crippen LogP contribution in [0.3, 0.4) is 0 Å². The van der Waals surface area contributed by atoms with E-state index >= 15 is 0 Å².